The topological polar surface area (TPSA) is 95.9 Å². The van der Waals surface area contributed by atoms with Crippen molar-refractivity contribution in [3.05, 3.63) is 36.5 Å². The molecule has 0 radical (unpaired) electrons. The highest BCUT2D eigenvalue weighted by Gasteiger charge is 2.18. The maximum Gasteiger partial charge on any atom is 0.305 e. The van der Waals surface area contributed by atoms with Gasteiger partial charge in [0.05, 0.1) is 25.4 Å². The zero-order valence-corrected chi connectivity index (χ0v) is 44.9. The summed E-state index contributed by atoms with van der Waals surface area (Å²) in [7, 11) is 0. The lowest BCUT2D eigenvalue weighted by molar-refractivity contribution is -0.143. The number of nitrogens with one attached hydrogen (secondary N) is 1. The smallest absolute Gasteiger partial charge is 0.305 e. The van der Waals surface area contributed by atoms with E-state index in [0.29, 0.717) is 19.4 Å². The average Bonchev–Trinajstić information content (AvgIpc) is 3.33. The van der Waals surface area contributed by atoms with Crippen molar-refractivity contribution in [2.24, 2.45) is 0 Å². The van der Waals surface area contributed by atoms with Crippen LogP contribution in [0.2, 0.25) is 0 Å². The van der Waals surface area contributed by atoms with Crippen molar-refractivity contribution < 1.29 is 24.5 Å². The van der Waals surface area contributed by atoms with E-state index in [-0.39, 0.29) is 18.5 Å². The van der Waals surface area contributed by atoms with Crippen molar-refractivity contribution in [1.82, 2.24) is 5.32 Å². The van der Waals surface area contributed by atoms with Gasteiger partial charge in [-0.1, -0.05) is 269 Å². The molecule has 394 valence electrons. The molecule has 0 spiro atoms. The van der Waals surface area contributed by atoms with Crippen LogP contribution in [0.4, 0.5) is 0 Å². The Morgan fingerprint density at radius 2 is 0.746 bits per heavy atom. The number of allylic oxidation sites excluding steroid dienone is 5. The molecule has 0 aliphatic rings. The molecular weight excluding hydrogens is 827 g/mol. The molecule has 0 fully saturated rings. The SMILES string of the molecule is CCCCCCCCCCCCCC/C=C/C(O)C(CO)NC(=O)CCCCCCCCC/C=C\C/C=C\CCCCCOC(=O)CCCCCCCCCCCCCCCCCCCCC. The fraction of sp³-hybridized carbons (Fsp3) is 0.869. The van der Waals surface area contributed by atoms with Gasteiger partial charge in [-0.05, 0) is 70.6 Å². The van der Waals surface area contributed by atoms with Crippen molar-refractivity contribution in [1.29, 1.82) is 0 Å². The number of aliphatic hydroxyl groups excluding tert-OH is 2. The minimum absolute atomic E-state index is 0.0118. The summed E-state index contributed by atoms with van der Waals surface area (Å²) in [5, 5.41) is 23.1. The zero-order valence-electron chi connectivity index (χ0n) is 44.9. The molecule has 0 bridgehead atoms. The van der Waals surface area contributed by atoms with Crippen molar-refractivity contribution in [3.63, 3.8) is 0 Å². The molecule has 0 rings (SSSR count). The fourth-order valence-electron chi connectivity index (χ4n) is 9.08. The Bertz CT molecular complexity index is 1090. The Balaban J connectivity index is 3.49. The van der Waals surface area contributed by atoms with E-state index in [0.717, 1.165) is 83.5 Å². The molecule has 3 N–H and O–H groups in total. The largest absolute Gasteiger partial charge is 0.466 e. The van der Waals surface area contributed by atoms with Crippen molar-refractivity contribution in [2.45, 2.75) is 328 Å². The van der Waals surface area contributed by atoms with Crippen LogP contribution in [0.15, 0.2) is 36.5 Å². The van der Waals surface area contributed by atoms with Crippen LogP contribution in [0.3, 0.4) is 0 Å². The minimum atomic E-state index is -0.855. The first kappa shape index (κ1) is 65.1. The lowest BCUT2D eigenvalue weighted by Crippen LogP contribution is -2.45. The number of esters is 1. The van der Waals surface area contributed by atoms with Gasteiger partial charge in [-0.25, -0.2) is 0 Å². The average molecular weight is 943 g/mol. The van der Waals surface area contributed by atoms with E-state index in [4.69, 9.17) is 4.74 Å². The molecule has 0 aromatic heterocycles. The van der Waals surface area contributed by atoms with Gasteiger partial charge in [0.25, 0.3) is 0 Å². The van der Waals surface area contributed by atoms with E-state index < -0.39 is 12.1 Å². The molecule has 2 unspecified atom stereocenters. The maximum atomic E-state index is 12.4. The van der Waals surface area contributed by atoms with Gasteiger partial charge in [0.15, 0.2) is 0 Å². The van der Waals surface area contributed by atoms with Gasteiger partial charge in [0.1, 0.15) is 0 Å². The van der Waals surface area contributed by atoms with Gasteiger partial charge >= 0.3 is 5.97 Å². The van der Waals surface area contributed by atoms with Crippen LogP contribution in [-0.4, -0.2) is 47.4 Å². The highest BCUT2D eigenvalue weighted by molar-refractivity contribution is 5.76. The van der Waals surface area contributed by atoms with E-state index in [1.54, 1.807) is 6.08 Å². The quantitative estimate of drug-likeness (QED) is 0.0321. The number of hydrogen-bond donors (Lipinski definition) is 3. The molecule has 0 aromatic rings. The molecule has 6 nitrogen and oxygen atoms in total. The molecule has 0 saturated heterocycles. The maximum absolute atomic E-state index is 12.4. The van der Waals surface area contributed by atoms with Crippen LogP contribution >= 0.6 is 0 Å². The Morgan fingerprint density at radius 3 is 1.13 bits per heavy atom. The number of aliphatic hydroxyl groups is 2. The van der Waals surface area contributed by atoms with Crippen molar-refractivity contribution in [2.75, 3.05) is 13.2 Å². The van der Waals surface area contributed by atoms with E-state index in [1.165, 1.54) is 205 Å². The molecule has 0 aliphatic carbocycles. The lowest BCUT2D eigenvalue weighted by Gasteiger charge is -2.20. The Labute approximate surface area is 417 Å². The van der Waals surface area contributed by atoms with E-state index in [1.807, 2.05) is 6.08 Å². The fourth-order valence-corrected chi connectivity index (χ4v) is 9.08. The summed E-state index contributed by atoms with van der Waals surface area (Å²) < 4.78 is 5.47. The van der Waals surface area contributed by atoms with Gasteiger partial charge < -0.3 is 20.3 Å². The van der Waals surface area contributed by atoms with Gasteiger partial charge in [0, 0.05) is 12.8 Å². The molecule has 67 heavy (non-hydrogen) atoms. The summed E-state index contributed by atoms with van der Waals surface area (Å²) in [4.78, 5) is 24.5. The third kappa shape index (κ3) is 53.3. The molecule has 6 heteroatoms. The Kier molecular flexibility index (Phi) is 55.0. The lowest BCUT2D eigenvalue weighted by atomic mass is 10.0. The first-order chi connectivity index (χ1) is 33.0. The second-order valence-corrected chi connectivity index (χ2v) is 20.3. The molecule has 0 saturated carbocycles. The number of carbonyl (C=O) groups is 2. The third-order valence-corrected chi connectivity index (χ3v) is 13.7. The minimum Gasteiger partial charge on any atom is -0.466 e. The highest BCUT2D eigenvalue weighted by atomic mass is 16.5. The molecular formula is C61H115NO5. The number of rotatable bonds is 55. The number of unbranched alkanes of at least 4 members (excludes halogenated alkanes) is 40. The van der Waals surface area contributed by atoms with Gasteiger partial charge in [-0.15, -0.1) is 0 Å². The summed E-state index contributed by atoms with van der Waals surface area (Å²) in [6, 6.07) is -0.640. The van der Waals surface area contributed by atoms with Crippen LogP contribution in [0, 0.1) is 0 Å². The van der Waals surface area contributed by atoms with Gasteiger partial charge in [-0.3, -0.25) is 9.59 Å². The van der Waals surface area contributed by atoms with Crippen LogP contribution in [0.1, 0.15) is 316 Å². The predicted octanol–water partition coefficient (Wildman–Crippen LogP) is 18.4. The second kappa shape index (κ2) is 56.7. The number of ether oxygens (including phenoxy) is 1. The number of carbonyl (C=O) groups excluding carboxylic acids is 2. The summed E-state index contributed by atoms with van der Waals surface area (Å²) in [6.45, 7) is 4.87. The van der Waals surface area contributed by atoms with Crippen molar-refractivity contribution >= 4 is 11.9 Å². The Hall–Kier alpha value is -1.92. The first-order valence-corrected chi connectivity index (χ1v) is 29.8. The van der Waals surface area contributed by atoms with Crippen molar-refractivity contribution in [3.8, 4) is 0 Å². The second-order valence-electron chi connectivity index (χ2n) is 20.3. The number of amides is 1. The predicted molar refractivity (Wildman–Crippen MR) is 292 cm³/mol. The standard InChI is InChI=1S/C61H115NO5/c1-3-5-7-9-11-13-15-17-19-20-21-24-27-31-35-39-43-47-51-55-61(66)67-56-52-48-44-40-36-32-28-25-22-23-26-30-34-38-42-46-50-54-60(65)62-58(57-63)59(64)53-49-45-41-37-33-29-18-16-14-12-10-8-6-4-2/h22,25,32,36,49,53,58-59,63-64H,3-21,23-24,26-31,33-35,37-48,50-52,54-57H2,1-2H3,(H,62,65)/b25-22-,36-32-,53-49+. The third-order valence-electron chi connectivity index (χ3n) is 13.7. The Morgan fingerprint density at radius 1 is 0.418 bits per heavy atom. The molecule has 0 heterocycles. The number of hydrogen-bond acceptors (Lipinski definition) is 5. The molecule has 0 aromatic carbocycles. The highest BCUT2D eigenvalue weighted by Crippen LogP contribution is 2.17. The monoisotopic (exact) mass is 942 g/mol. The molecule has 0 aliphatic heterocycles. The normalized spacial score (nSPS) is 12.8. The molecule has 2 atom stereocenters. The van der Waals surface area contributed by atoms with Crippen LogP contribution in [0.25, 0.3) is 0 Å². The summed E-state index contributed by atoms with van der Waals surface area (Å²) >= 11 is 0. The zero-order chi connectivity index (χ0) is 48.6. The van der Waals surface area contributed by atoms with Crippen LogP contribution in [-0.2, 0) is 14.3 Å². The van der Waals surface area contributed by atoms with E-state index in [2.05, 4.69) is 43.5 Å². The summed E-state index contributed by atoms with van der Waals surface area (Å²) in [6.07, 6.45) is 70.3. The van der Waals surface area contributed by atoms with E-state index in [9.17, 15) is 19.8 Å². The van der Waals surface area contributed by atoms with Gasteiger partial charge in [0.2, 0.25) is 5.91 Å². The van der Waals surface area contributed by atoms with E-state index >= 15 is 0 Å². The summed E-state index contributed by atoms with van der Waals surface area (Å²) in [5.74, 6) is -0.0955. The molecule has 1 amide bonds. The summed E-state index contributed by atoms with van der Waals surface area (Å²) in [5.41, 5.74) is 0. The van der Waals surface area contributed by atoms with Crippen LogP contribution in [0.5, 0.6) is 0 Å². The first-order valence-electron chi connectivity index (χ1n) is 29.8. The van der Waals surface area contributed by atoms with Gasteiger partial charge in [-0.2, -0.15) is 0 Å². The van der Waals surface area contributed by atoms with Crippen LogP contribution < -0.4 is 5.32 Å².